The molecule has 2 aromatic carbocycles. The van der Waals surface area contributed by atoms with Gasteiger partial charge in [0.25, 0.3) is 5.22 Å². The second-order valence-corrected chi connectivity index (χ2v) is 7.05. The summed E-state index contributed by atoms with van der Waals surface area (Å²) in [6.45, 7) is 3.98. The Morgan fingerprint density at radius 2 is 1.54 bits per heavy atom. The maximum atomic E-state index is 5.79. The van der Waals surface area contributed by atoms with Gasteiger partial charge >= 0.3 is 0 Å². The predicted molar refractivity (Wildman–Crippen MR) is 98.5 cm³/mol. The molecule has 0 spiro atoms. The lowest BCUT2D eigenvalue weighted by Gasteiger charge is -2.02. The van der Waals surface area contributed by atoms with E-state index in [9.17, 15) is 0 Å². The van der Waals surface area contributed by atoms with Crippen molar-refractivity contribution in [3.8, 4) is 22.9 Å². The van der Waals surface area contributed by atoms with Gasteiger partial charge < -0.3 is 8.83 Å². The largest absolute Gasteiger partial charge is 0.419 e. The standard InChI is InChI=1S/C19H16N4O2S/c1-12-8-6-7-11-15(12)18-22-23-19(25-18)26-13(2)16-20-21-17(24-16)14-9-4-3-5-10-14/h3-11,13H,1-2H3/t13-/m0/s1. The Hall–Kier alpha value is -2.93. The molecule has 0 N–H and O–H groups in total. The highest BCUT2D eigenvalue weighted by molar-refractivity contribution is 7.99. The summed E-state index contributed by atoms with van der Waals surface area (Å²) < 4.78 is 11.6. The molecule has 130 valence electrons. The molecule has 0 amide bonds. The molecule has 7 heteroatoms. The number of aryl methyl sites for hydroxylation is 1. The molecule has 0 aliphatic carbocycles. The van der Waals surface area contributed by atoms with Crippen LogP contribution in [0.2, 0.25) is 0 Å². The monoisotopic (exact) mass is 364 g/mol. The molecule has 0 aliphatic rings. The Balaban J connectivity index is 1.50. The third-order valence-corrected chi connectivity index (χ3v) is 4.79. The van der Waals surface area contributed by atoms with E-state index in [1.54, 1.807) is 0 Å². The van der Waals surface area contributed by atoms with Gasteiger partial charge in [-0.15, -0.1) is 20.4 Å². The normalized spacial score (nSPS) is 12.2. The van der Waals surface area contributed by atoms with E-state index in [1.807, 2.05) is 68.4 Å². The van der Waals surface area contributed by atoms with Crippen molar-refractivity contribution in [2.75, 3.05) is 0 Å². The summed E-state index contributed by atoms with van der Waals surface area (Å²) in [5, 5.41) is 16.9. The van der Waals surface area contributed by atoms with Crippen LogP contribution in [0.3, 0.4) is 0 Å². The first kappa shape index (κ1) is 16.5. The van der Waals surface area contributed by atoms with Crippen molar-refractivity contribution in [1.29, 1.82) is 0 Å². The predicted octanol–water partition coefficient (Wildman–Crippen LogP) is 4.95. The maximum absolute atomic E-state index is 5.79. The van der Waals surface area contributed by atoms with E-state index in [0.29, 0.717) is 22.9 Å². The first-order chi connectivity index (χ1) is 12.7. The van der Waals surface area contributed by atoms with Crippen LogP contribution in [0.5, 0.6) is 0 Å². The molecule has 2 heterocycles. The van der Waals surface area contributed by atoms with E-state index in [2.05, 4.69) is 20.4 Å². The average molecular weight is 364 g/mol. The van der Waals surface area contributed by atoms with E-state index in [4.69, 9.17) is 8.83 Å². The Morgan fingerprint density at radius 1 is 0.808 bits per heavy atom. The molecule has 4 rings (SSSR count). The van der Waals surface area contributed by atoms with E-state index >= 15 is 0 Å². The highest BCUT2D eigenvalue weighted by Gasteiger charge is 2.20. The molecule has 4 aromatic rings. The number of nitrogens with zero attached hydrogens (tertiary/aromatic N) is 4. The molecule has 0 saturated heterocycles. The molecule has 26 heavy (non-hydrogen) atoms. The molecule has 0 aliphatic heterocycles. The van der Waals surface area contributed by atoms with Gasteiger partial charge in [0.1, 0.15) is 0 Å². The summed E-state index contributed by atoms with van der Waals surface area (Å²) in [5.41, 5.74) is 2.91. The van der Waals surface area contributed by atoms with Gasteiger partial charge in [0.2, 0.25) is 17.7 Å². The van der Waals surface area contributed by atoms with Crippen LogP contribution < -0.4 is 0 Å². The first-order valence-corrected chi connectivity index (χ1v) is 9.03. The average Bonchev–Trinajstić information content (AvgIpc) is 3.33. The molecule has 1 atom stereocenters. The Kier molecular flexibility index (Phi) is 4.53. The van der Waals surface area contributed by atoms with Crippen molar-refractivity contribution in [3.05, 3.63) is 66.1 Å². The summed E-state index contributed by atoms with van der Waals surface area (Å²) in [6.07, 6.45) is 0. The number of thioether (sulfide) groups is 1. The Labute approximate surface area is 154 Å². The van der Waals surface area contributed by atoms with Gasteiger partial charge in [-0.25, -0.2) is 0 Å². The third-order valence-electron chi connectivity index (χ3n) is 3.87. The maximum Gasteiger partial charge on any atom is 0.277 e. The van der Waals surface area contributed by atoms with Crippen LogP contribution in [0.25, 0.3) is 22.9 Å². The fraction of sp³-hybridized carbons (Fsp3) is 0.158. The molecule has 0 unspecified atom stereocenters. The van der Waals surface area contributed by atoms with Crippen LogP contribution in [-0.4, -0.2) is 20.4 Å². The van der Waals surface area contributed by atoms with Crippen LogP contribution in [0.1, 0.15) is 23.6 Å². The second kappa shape index (κ2) is 7.13. The zero-order chi connectivity index (χ0) is 17.9. The first-order valence-electron chi connectivity index (χ1n) is 8.15. The van der Waals surface area contributed by atoms with Crippen molar-refractivity contribution in [3.63, 3.8) is 0 Å². The molecule has 0 saturated carbocycles. The molecular weight excluding hydrogens is 348 g/mol. The zero-order valence-corrected chi connectivity index (χ0v) is 15.1. The smallest absolute Gasteiger partial charge is 0.277 e. The van der Waals surface area contributed by atoms with E-state index in [-0.39, 0.29) is 5.25 Å². The van der Waals surface area contributed by atoms with Crippen molar-refractivity contribution in [1.82, 2.24) is 20.4 Å². The SMILES string of the molecule is Cc1ccccc1-c1nnc(S[C@@H](C)c2nnc(-c3ccccc3)o2)o1. The number of hydrogen-bond donors (Lipinski definition) is 0. The van der Waals surface area contributed by atoms with Gasteiger partial charge in [0.15, 0.2) is 0 Å². The van der Waals surface area contributed by atoms with Crippen LogP contribution in [-0.2, 0) is 0 Å². The summed E-state index contributed by atoms with van der Waals surface area (Å²) in [7, 11) is 0. The summed E-state index contributed by atoms with van der Waals surface area (Å²) in [4.78, 5) is 0. The van der Waals surface area contributed by atoms with Crippen LogP contribution in [0.15, 0.2) is 68.7 Å². The number of benzene rings is 2. The van der Waals surface area contributed by atoms with Crippen molar-refractivity contribution in [2.45, 2.75) is 24.3 Å². The topological polar surface area (TPSA) is 77.8 Å². The Bertz CT molecular complexity index is 1010. The molecule has 0 radical (unpaired) electrons. The molecule has 6 nitrogen and oxygen atoms in total. The molecule has 2 aromatic heterocycles. The van der Waals surface area contributed by atoms with Crippen molar-refractivity contribution >= 4 is 11.8 Å². The lowest BCUT2D eigenvalue weighted by molar-refractivity contribution is 0.461. The van der Waals surface area contributed by atoms with Crippen molar-refractivity contribution < 1.29 is 8.83 Å². The number of hydrogen-bond acceptors (Lipinski definition) is 7. The van der Waals surface area contributed by atoms with E-state index in [0.717, 1.165) is 16.7 Å². The minimum absolute atomic E-state index is 0.106. The van der Waals surface area contributed by atoms with E-state index in [1.165, 1.54) is 11.8 Å². The number of aromatic nitrogens is 4. The molecule has 0 bridgehead atoms. The molecular formula is C19H16N4O2S. The van der Waals surface area contributed by atoms with Gasteiger partial charge in [0, 0.05) is 11.1 Å². The van der Waals surface area contributed by atoms with Gasteiger partial charge in [-0.1, -0.05) is 48.2 Å². The fourth-order valence-electron chi connectivity index (χ4n) is 2.48. The minimum Gasteiger partial charge on any atom is -0.419 e. The zero-order valence-electron chi connectivity index (χ0n) is 14.3. The lowest BCUT2D eigenvalue weighted by atomic mass is 10.1. The quantitative estimate of drug-likeness (QED) is 0.464. The number of rotatable bonds is 5. The highest BCUT2D eigenvalue weighted by Crippen LogP contribution is 2.35. The van der Waals surface area contributed by atoms with Crippen LogP contribution >= 0.6 is 11.8 Å². The van der Waals surface area contributed by atoms with Crippen LogP contribution in [0.4, 0.5) is 0 Å². The Morgan fingerprint density at radius 3 is 2.35 bits per heavy atom. The van der Waals surface area contributed by atoms with Crippen LogP contribution in [0, 0.1) is 6.92 Å². The van der Waals surface area contributed by atoms with Gasteiger partial charge in [-0.2, -0.15) is 0 Å². The summed E-state index contributed by atoms with van der Waals surface area (Å²) in [5.74, 6) is 1.52. The second-order valence-electron chi connectivity index (χ2n) is 5.76. The minimum atomic E-state index is -0.106. The van der Waals surface area contributed by atoms with E-state index < -0.39 is 0 Å². The van der Waals surface area contributed by atoms with Gasteiger partial charge in [-0.05, 0) is 37.6 Å². The fourth-order valence-corrected chi connectivity index (χ4v) is 3.19. The van der Waals surface area contributed by atoms with Gasteiger partial charge in [-0.3, -0.25) is 0 Å². The van der Waals surface area contributed by atoms with Gasteiger partial charge in [0.05, 0.1) is 5.25 Å². The third kappa shape index (κ3) is 3.39. The summed E-state index contributed by atoms with van der Waals surface area (Å²) in [6, 6.07) is 17.6. The summed E-state index contributed by atoms with van der Waals surface area (Å²) >= 11 is 1.39. The highest BCUT2D eigenvalue weighted by atomic mass is 32.2. The molecule has 0 fully saturated rings. The lowest BCUT2D eigenvalue weighted by Crippen LogP contribution is -1.88. The van der Waals surface area contributed by atoms with Crippen molar-refractivity contribution in [2.24, 2.45) is 0 Å².